The van der Waals surface area contributed by atoms with Crippen LogP contribution in [0.25, 0.3) is 0 Å². The summed E-state index contributed by atoms with van der Waals surface area (Å²) in [6.07, 6.45) is 0. The molecule has 0 radical (unpaired) electrons. The Kier molecular flexibility index (Phi) is 5.82. The zero-order valence-corrected chi connectivity index (χ0v) is 19.9. The SMILES string of the molecule is COC(=O)C1[C@H](c2ccccc2OCc2ccccc2)c2ccccc2[C@@H]1c1ccc2c(c1)OCO2. The minimum absolute atomic E-state index is 0.199. The van der Waals surface area contributed by atoms with E-state index in [0.717, 1.165) is 39.3 Å². The first-order valence-corrected chi connectivity index (χ1v) is 12.1. The maximum absolute atomic E-state index is 13.5. The fourth-order valence-electron chi connectivity index (χ4n) is 5.52. The normalized spacial score (nSPS) is 19.5. The van der Waals surface area contributed by atoms with Crippen LogP contribution >= 0.6 is 0 Å². The number of benzene rings is 4. The van der Waals surface area contributed by atoms with Gasteiger partial charge in [0.2, 0.25) is 6.79 Å². The van der Waals surface area contributed by atoms with Crippen molar-refractivity contribution in [2.75, 3.05) is 13.9 Å². The summed E-state index contributed by atoms with van der Waals surface area (Å²) in [4.78, 5) is 13.5. The van der Waals surface area contributed by atoms with E-state index in [1.807, 2.05) is 78.9 Å². The molecule has 6 rings (SSSR count). The van der Waals surface area contributed by atoms with Crippen LogP contribution < -0.4 is 14.2 Å². The number of ether oxygens (including phenoxy) is 4. The molecule has 0 saturated carbocycles. The topological polar surface area (TPSA) is 54.0 Å². The van der Waals surface area contributed by atoms with Crippen molar-refractivity contribution in [2.24, 2.45) is 5.92 Å². The lowest BCUT2D eigenvalue weighted by Crippen LogP contribution is -2.25. The van der Waals surface area contributed by atoms with Gasteiger partial charge in [-0.3, -0.25) is 4.79 Å². The maximum Gasteiger partial charge on any atom is 0.310 e. The quantitative estimate of drug-likeness (QED) is 0.315. The molecular weight excluding hydrogens is 452 g/mol. The molecule has 3 atom stereocenters. The Morgan fingerprint density at radius 2 is 1.44 bits per heavy atom. The van der Waals surface area contributed by atoms with Crippen LogP contribution in [0.4, 0.5) is 0 Å². The predicted octanol–water partition coefficient (Wildman–Crippen LogP) is 6.06. The summed E-state index contributed by atoms with van der Waals surface area (Å²) in [6.45, 7) is 0.649. The van der Waals surface area contributed by atoms with E-state index in [1.165, 1.54) is 7.11 Å². The first kappa shape index (κ1) is 22.2. The Labute approximate surface area is 210 Å². The van der Waals surface area contributed by atoms with Crippen molar-refractivity contribution in [2.45, 2.75) is 18.4 Å². The van der Waals surface area contributed by atoms with E-state index in [-0.39, 0.29) is 24.6 Å². The van der Waals surface area contributed by atoms with Crippen molar-refractivity contribution in [1.82, 2.24) is 0 Å². The number of carbonyl (C=O) groups is 1. The summed E-state index contributed by atoms with van der Waals surface area (Å²) in [5.41, 5.74) is 5.26. The van der Waals surface area contributed by atoms with Gasteiger partial charge in [0.1, 0.15) is 12.4 Å². The van der Waals surface area contributed by atoms with Crippen LogP contribution in [-0.4, -0.2) is 19.9 Å². The Hall–Kier alpha value is -4.25. The molecule has 0 spiro atoms. The standard InChI is InChI=1S/C31H26O5/c1-33-31(32)30-28(21-15-16-26-27(17-21)36-19-35-26)22-11-5-6-12-23(22)29(30)24-13-7-8-14-25(24)34-18-20-9-3-2-4-10-20/h2-17,28-30H,18-19H2,1H3/t28-,29-,30?/m0/s1. The van der Waals surface area contributed by atoms with Gasteiger partial charge in [0.25, 0.3) is 0 Å². The predicted molar refractivity (Wildman–Crippen MR) is 135 cm³/mol. The summed E-state index contributed by atoms with van der Waals surface area (Å²) in [7, 11) is 1.46. The van der Waals surface area contributed by atoms with E-state index in [4.69, 9.17) is 18.9 Å². The summed E-state index contributed by atoms with van der Waals surface area (Å²) in [5, 5.41) is 0. The molecule has 5 heteroatoms. The van der Waals surface area contributed by atoms with Crippen molar-refractivity contribution in [1.29, 1.82) is 0 Å². The Morgan fingerprint density at radius 1 is 0.778 bits per heavy atom. The fraction of sp³-hybridized carbons (Fsp3) is 0.194. The average Bonchev–Trinajstić information content (AvgIpc) is 3.54. The monoisotopic (exact) mass is 478 g/mol. The molecule has 1 unspecified atom stereocenters. The summed E-state index contributed by atoms with van der Waals surface area (Å²) < 4.78 is 22.9. The van der Waals surface area contributed by atoms with Crippen LogP contribution in [-0.2, 0) is 16.1 Å². The number of carbonyl (C=O) groups excluding carboxylic acids is 1. The number of fused-ring (bicyclic) bond motifs is 2. The van der Waals surface area contributed by atoms with E-state index < -0.39 is 5.92 Å². The molecule has 1 aliphatic heterocycles. The van der Waals surface area contributed by atoms with Crippen LogP contribution in [0.15, 0.2) is 97.1 Å². The van der Waals surface area contributed by atoms with Gasteiger partial charge in [0, 0.05) is 17.4 Å². The van der Waals surface area contributed by atoms with Crippen LogP contribution in [0.5, 0.6) is 17.2 Å². The molecule has 4 aromatic carbocycles. The maximum atomic E-state index is 13.5. The molecule has 180 valence electrons. The zero-order chi connectivity index (χ0) is 24.5. The third-order valence-electron chi connectivity index (χ3n) is 7.10. The lowest BCUT2D eigenvalue weighted by atomic mass is 9.79. The molecule has 2 aliphatic rings. The van der Waals surface area contributed by atoms with Gasteiger partial charge in [0.15, 0.2) is 11.5 Å². The highest BCUT2D eigenvalue weighted by Gasteiger charge is 2.48. The largest absolute Gasteiger partial charge is 0.489 e. The molecule has 5 nitrogen and oxygen atoms in total. The third-order valence-corrected chi connectivity index (χ3v) is 7.10. The Morgan fingerprint density at radius 3 is 2.22 bits per heavy atom. The second-order valence-corrected chi connectivity index (χ2v) is 9.06. The number of para-hydroxylation sites is 1. The van der Waals surface area contributed by atoms with Crippen molar-refractivity contribution in [3.63, 3.8) is 0 Å². The summed E-state index contributed by atoms with van der Waals surface area (Å²) in [6, 6.07) is 32.2. The number of hydrogen-bond acceptors (Lipinski definition) is 5. The second-order valence-electron chi connectivity index (χ2n) is 9.06. The van der Waals surface area contributed by atoms with E-state index in [1.54, 1.807) is 0 Å². The second kappa shape index (κ2) is 9.42. The molecule has 36 heavy (non-hydrogen) atoms. The summed E-state index contributed by atoms with van der Waals surface area (Å²) in [5.74, 6) is 1.04. The van der Waals surface area contributed by atoms with Crippen LogP contribution in [0.3, 0.4) is 0 Å². The molecule has 4 aromatic rings. The van der Waals surface area contributed by atoms with Crippen LogP contribution in [0.1, 0.15) is 39.7 Å². The van der Waals surface area contributed by atoms with Gasteiger partial charge >= 0.3 is 5.97 Å². The smallest absolute Gasteiger partial charge is 0.310 e. The van der Waals surface area contributed by atoms with Crippen molar-refractivity contribution < 1.29 is 23.7 Å². The third kappa shape index (κ3) is 3.87. The molecule has 0 fully saturated rings. The lowest BCUT2D eigenvalue weighted by Gasteiger charge is -2.25. The minimum Gasteiger partial charge on any atom is -0.489 e. The van der Waals surface area contributed by atoms with Crippen LogP contribution in [0.2, 0.25) is 0 Å². The van der Waals surface area contributed by atoms with E-state index in [2.05, 4.69) is 18.2 Å². The van der Waals surface area contributed by atoms with Gasteiger partial charge in [-0.2, -0.15) is 0 Å². The van der Waals surface area contributed by atoms with Gasteiger partial charge in [0.05, 0.1) is 13.0 Å². The highest BCUT2D eigenvalue weighted by atomic mass is 16.7. The first-order chi connectivity index (χ1) is 17.7. The van der Waals surface area contributed by atoms with Crippen molar-refractivity contribution in [3.8, 4) is 17.2 Å². The minimum atomic E-state index is -0.464. The zero-order valence-electron chi connectivity index (χ0n) is 19.9. The average molecular weight is 479 g/mol. The van der Waals surface area contributed by atoms with Crippen molar-refractivity contribution in [3.05, 3.63) is 125 Å². The van der Waals surface area contributed by atoms with Gasteiger partial charge in [-0.25, -0.2) is 0 Å². The van der Waals surface area contributed by atoms with Gasteiger partial charge < -0.3 is 18.9 Å². The molecular formula is C31H26O5. The lowest BCUT2D eigenvalue weighted by molar-refractivity contribution is -0.146. The highest BCUT2D eigenvalue weighted by molar-refractivity contribution is 5.80. The molecule has 0 saturated heterocycles. The highest BCUT2D eigenvalue weighted by Crippen LogP contribution is 2.55. The fourth-order valence-corrected chi connectivity index (χ4v) is 5.52. The van der Waals surface area contributed by atoms with Crippen molar-refractivity contribution >= 4 is 5.97 Å². The van der Waals surface area contributed by atoms with Crippen LogP contribution in [0, 0.1) is 5.92 Å². The molecule has 0 aromatic heterocycles. The first-order valence-electron chi connectivity index (χ1n) is 12.1. The van der Waals surface area contributed by atoms with Gasteiger partial charge in [-0.1, -0.05) is 78.9 Å². The number of hydrogen-bond donors (Lipinski definition) is 0. The Bertz CT molecular complexity index is 1400. The van der Waals surface area contributed by atoms with Gasteiger partial charge in [-0.05, 0) is 40.5 Å². The molecule has 0 amide bonds. The number of esters is 1. The summed E-state index contributed by atoms with van der Waals surface area (Å²) >= 11 is 0. The van der Waals surface area contributed by atoms with E-state index in [0.29, 0.717) is 12.4 Å². The van der Waals surface area contributed by atoms with E-state index in [9.17, 15) is 4.79 Å². The molecule has 1 aliphatic carbocycles. The molecule has 0 bridgehead atoms. The van der Waals surface area contributed by atoms with Gasteiger partial charge in [-0.15, -0.1) is 0 Å². The number of methoxy groups -OCH3 is 1. The molecule has 0 N–H and O–H groups in total. The Balaban J connectivity index is 1.45. The number of rotatable bonds is 6. The molecule has 1 heterocycles. The van der Waals surface area contributed by atoms with E-state index >= 15 is 0 Å².